The van der Waals surface area contributed by atoms with Crippen LogP contribution in [0.1, 0.15) is 23.6 Å². The van der Waals surface area contributed by atoms with Gasteiger partial charge in [-0.05, 0) is 64.4 Å². The first-order chi connectivity index (χ1) is 18.0. The zero-order chi connectivity index (χ0) is 25.8. The first-order valence-electron chi connectivity index (χ1n) is 11.9. The summed E-state index contributed by atoms with van der Waals surface area (Å²) in [6.07, 6.45) is 1.67. The molecule has 4 aromatic rings. The van der Waals surface area contributed by atoms with Crippen LogP contribution in [-0.4, -0.2) is 22.7 Å². The lowest BCUT2D eigenvalue weighted by Gasteiger charge is -2.15. The second kappa shape index (κ2) is 11.1. The fourth-order valence-electron chi connectivity index (χ4n) is 4.19. The maximum absolute atomic E-state index is 13.2. The lowest BCUT2D eigenvalue weighted by atomic mass is 10.0. The summed E-state index contributed by atoms with van der Waals surface area (Å²) in [6, 6.07) is 27.1. The molecule has 1 saturated heterocycles. The molecular weight excluding hydrogens is 506 g/mol. The van der Waals surface area contributed by atoms with Crippen LogP contribution >= 0.6 is 23.4 Å². The SMILES string of the molecule is CCOc1cc(/C=C2/SC(=O)N(Cc3cccc4ccccc34)C2=O)cc(Cl)c1OCc1ccccc1. The predicted molar refractivity (Wildman–Crippen MR) is 149 cm³/mol. The minimum Gasteiger partial charge on any atom is -0.490 e. The molecule has 0 aliphatic carbocycles. The van der Waals surface area contributed by atoms with Gasteiger partial charge in [-0.2, -0.15) is 0 Å². The molecule has 0 bridgehead atoms. The monoisotopic (exact) mass is 529 g/mol. The van der Waals surface area contributed by atoms with E-state index in [4.69, 9.17) is 21.1 Å². The van der Waals surface area contributed by atoms with Crippen molar-refractivity contribution in [2.24, 2.45) is 0 Å². The second-order valence-electron chi connectivity index (χ2n) is 8.44. The van der Waals surface area contributed by atoms with Gasteiger partial charge >= 0.3 is 0 Å². The van der Waals surface area contributed by atoms with Crippen molar-refractivity contribution in [2.75, 3.05) is 6.61 Å². The number of nitrogens with zero attached hydrogens (tertiary/aromatic N) is 1. The van der Waals surface area contributed by atoms with E-state index in [0.717, 1.165) is 33.7 Å². The molecule has 0 unspecified atom stereocenters. The zero-order valence-corrected chi connectivity index (χ0v) is 21.7. The average molecular weight is 530 g/mol. The Kier molecular flexibility index (Phi) is 7.49. The van der Waals surface area contributed by atoms with Gasteiger partial charge in [0.05, 0.1) is 23.1 Å². The highest BCUT2D eigenvalue weighted by Crippen LogP contribution is 2.40. The van der Waals surface area contributed by atoms with Gasteiger partial charge in [-0.15, -0.1) is 0 Å². The average Bonchev–Trinajstić information content (AvgIpc) is 3.16. The fourth-order valence-corrected chi connectivity index (χ4v) is 5.30. The number of imide groups is 1. The maximum Gasteiger partial charge on any atom is 0.293 e. The van der Waals surface area contributed by atoms with Gasteiger partial charge in [-0.25, -0.2) is 0 Å². The van der Waals surface area contributed by atoms with E-state index in [1.165, 1.54) is 4.90 Å². The van der Waals surface area contributed by atoms with E-state index in [1.54, 1.807) is 18.2 Å². The number of rotatable bonds is 8. The minimum atomic E-state index is -0.332. The Labute approximate surface area is 224 Å². The van der Waals surface area contributed by atoms with Crippen molar-refractivity contribution in [3.05, 3.63) is 112 Å². The van der Waals surface area contributed by atoms with E-state index in [-0.39, 0.29) is 17.7 Å². The van der Waals surface area contributed by atoms with E-state index in [2.05, 4.69) is 0 Å². The molecule has 0 radical (unpaired) electrons. The Hall–Kier alpha value is -3.74. The van der Waals surface area contributed by atoms with Gasteiger partial charge in [0.2, 0.25) is 0 Å². The van der Waals surface area contributed by atoms with Crippen molar-refractivity contribution in [3.63, 3.8) is 0 Å². The number of fused-ring (bicyclic) bond motifs is 1. The number of halogens is 1. The Morgan fingerprint density at radius 3 is 2.49 bits per heavy atom. The third-order valence-corrected chi connectivity index (χ3v) is 7.13. The Balaban J connectivity index is 1.38. The molecule has 2 amide bonds. The molecule has 1 aliphatic heterocycles. The molecule has 5 nitrogen and oxygen atoms in total. The summed E-state index contributed by atoms with van der Waals surface area (Å²) >= 11 is 7.50. The molecule has 1 heterocycles. The molecule has 37 heavy (non-hydrogen) atoms. The van der Waals surface area contributed by atoms with Crippen LogP contribution in [-0.2, 0) is 17.9 Å². The number of carbonyl (C=O) groups excluding carboxylic acids is 2. The summed E-state index contributed by atoms with van der Waals surface area (Å²) in [5, 5.41) is 2.15. The van der Waals surface area contributed by atoms with Gasteiger partial charge in [0, 0.05) is 0 Å². The van der Waals surface area contributed by atoms with Gasteiger partial charge in [0.15, 0.2) is 11.5 Å². The summed E-state index contributed by atoms with van der Waals surface area (Å²) in [5.74, 6) is 0.585. The van der Waals surface area contributed by atoms with E-state index >= 15 is 0 Å². The highest BCUT2D eigenvalue weighted by molar-refractivity contribution is 8.18. The number of hydrogen-bond acceptors (Lipinski definition) is 5. The van der Waals surface area contributed by atoms with Crippen molar-refractivity contribution in [1.82, 2.24) is 4.90 Å². The van der Waals surface area contributed by atoms with Crippen LogP contribution in [0.5, 0.6) is 11.5 Å². The van der Waals surface area contributed by atoms with Crippen LogP contribution in [0, 0.1) is 0 Å². The third-order valence-electron chi connectivity index (χ3n) is 5.94. The Morgan fingerprint density at radius 1 is 0.919 bits per heavy atom. The molecule has 186 valence electrons. The molecule has 0 aromatic heterocycles. The number of ether oxygens (including phenoxy) is 2. The molecule has 0 N–H and O–H groups in total. The van der Waals surface area contributed by atoms with Crippen molar-refractivity contribution < 1.29 is 19.1 Å². The minimum absolute atomic E-state index is 0.209. The van der Waals surface area contributed by atoms with Crippen molar-refractivity contribution in [1.29, 1.82) is 0 Å². The predicted octanol–water partition coefficient (Wildman–Crippen LogP) is 7.71. The molecule has 1 aliphatic rings. The topological polar surface area (TPSA) is 55.8 Å². The van der Waals surface area contributed by atoms with Crippen LogP contribution in [0.15, 0.2) is 89.8 Å². The van der Waals surface area contributed by atoms with Gasteiger partial charge in [-0.1, -0.05) is 84.4 Å². The number of benzene rings is 4. The van der Waals surface area contributed by atoms with Crippen LogP contribution in [0.3, 0.4) is 0 Å². The summed E-state index contributed by atoms with van der Waals surface area (Å²) < 4.78 is 11.8. The maximum atomic E-state index is 13.2. The lowest BCUT2D eigenvalue weighted by Crippen LogP contribution is -2.27. The third kappa shape index (κ3) is 5.50. The smallest absolute Gasteiger partial charge is 0.293 e. The summed E-state index contributed by atoms with van der Waals surface area (Å²) in [7, 11) is 0. The van der Waals surface area contributed by atoms with Crippen LogP contribution in [0.4, 0.5) is 4.79 Å². The quantitative estimate of drug-likeness (QED) is 0.219. The molecule has 4 aromatic carbocycles. The van der Waals surface area contributed by atoms with Crippen molar-refractivity contribution in [3.8, 4) is 11.5 Å². The van der Waals surface area contributed by atoms with E-state index < -0.39 is 0 Å². The Bertz CT molecular complexity index is 1500. The number of thioether (sulfide) groups is 1. The number of amides is 2. The second-order valence-corrected chi connectivity index (χ2v) is 9.84. The summed E-state index contributed by atoms with van der Waals surface area (Å²) in [5.41, 5.74) is 2.57. The number of carbonyl (C=O) groups is 2. The normalized spacial score (nSPS) is 14.5. The highest BCUT2D eigenvalue weighted by atomic mass is 35.5. The summed E-state index contributed by atoms with van der Waals surface area (Å²) in [4.78, 5) is 27.6. The Morgan fingerprint density at radius 2 is 1.68 bits per heavy atom. The highest BCUT2D eigenvalue weighted by Gasteiger charge is 2.35. The van der Waals surface area contributed by atoms with Crippen LogP contribution < -0.4 is 9.47 Å². The molecule has 7 heteroatoms. The molecule has 5 rings (SSSR count). The fraction of sp³-hybridized carbons (Fsp3) is 0.133. The molecular formula is C30H24ClNO4S. The van der Waals surface area contributed by atoms with Gasteiger partial charge in [0.25, 0.3) is 11.1 Å². The largest absolute Gasteiger partial charge is 0.490 e. The molecule has 0 atom stereocenters. The van der Waals surface area contributed by atoms with E-state index in [0.29, 0.717) is 40.2 Å². The van der Waals surface area contributed by atoms with Crippen molar-refractivity contribution >= 4 is 51.4 Å². The molecule has 0 spiro atoms. The first kappa shape index (κ1) is 24.9. The van der Waals surface area contributed by atoms with Gasteiger partial charge in [-0.3, -0.25) is 14.5 Å². The number of hydrogen-bond donors (Lipinski definition) is 0. The molecule has 0 saturated carbocycles. The summed E-state index contributed by atoms with van der Waals surface area (Å²) in [6.45, 7) is 2.84. The zero-order valence-electron chi connectivity index (χ0n) is 20.1. The lowest BCUT2D eigenvalue weighted by molar-refractivity contribution is -0.123. The van der Waals surface area contributed by atoms with E-state index in [9.17, 15) is 9.59 Å². The first-order valence-corrected chi connectivity index (χ1v) is 13.1. The van der Waals surface area contributed by atoms with Gasteiger partial charge < -0.3 is 9.47 Å². The van der Waals surface area contributed by atoms with Crippen LogP contribution in [0.25, 0.3) is 16.8 Å². The standard InChI is InChI=1S/C30H24ClNO4S/c1-2-35-26-16-21(15-25(31)28(26)36-19-20-9-4-3-5-10-20)17-27-29(33)32(30(34)37-27)18-23-13-8-12-22-11-6-7-14-24(22)23/h3-17H,2,18-19H2,1H3/b27-17+. The molecule has 1 fully saturated rings. The van der Waals surface area contributed by atoms with Crippen molar-refractivity contribution in [2.45, 2.75) is 20.1 Å². The van der Waals surface area contributed by atoms with E-state index in [1.807, 2.05) is 79.7 Å². The van der Waals surface area contributed by atoms with Crippen LogP contribution in [0.2, 0.25) is 5.02 Å². The van der Waals surface area contributed by atoms with Gasteiger partial charge in [0.1, 0.15) is 6.61 Å².